The standard InChI is InChI=1S/C11H12N4O4/c1-12-10(16)4-5-13-11-14-8-3-2-7(15(17)18)6-9(8)19-11/h2-3,6H,4-5H2,1H3,(H,12,16)(H,13,14). The van der Waals surface area contributed by atoms with Crippen molar-refractivity contribution in [1.82, 2.24) is 10.3 Å². The molecule has 8 heteroatoms. The molecule has 0 aliphatic heterocycles. The van der Waals surface area contributed by atoms with Crippen LogP contribution in [0.3, 0.4) is 0 Å². The highest BCUT2D eigenvalue weighted by Crippen LogP contribution is 2.23. The van der Waals surface area contributed by atoms with Gasteiger partial charge in [0.15, 0.2) is 5.58 Å². The van der Waals surface area contributed by atoms with Crippen molar-refractivity contribution in [3.63, 3.8) is 0 Å². The number of hydrogen-bond donors (Lipinski definition) is 2. The number of carbonyl (C=O) groups excluding carboxylic acids is 1. The van der Waals surface area contributed by atoms with Crippen molar-refractivity contribution in [2.75, 3.05) is 18.9 Å². The van der Waals surface area contributed by atoms with Crippen LogP contribution in [0.25, 0.3) is 11.1 Å². The smallest absolute Gasteiger partial charge is 0.295 e. The molecule has 0 saturated carbocycles. The van der Waals surface area contributed by atoms with Gasteiger partial charge in [-0.05, 0) is 6.07 Å². The summed E-state index contributed by atoms with van der Waals surface area (Å²) in [5.41, 5.74) is 0.797. The fourth-order valence-electron chi connectivity index (χ4n) is 1.51. The second-order valence-corrected chi connectivity index (χ2v) is 3.78. The maximum Gasteiger partial charge on any atom is 0.295 e. The quantitative estimate of drug-likeness (QED) is 0.621. The first-order valence-corrected chi connectivity index (χ1v) is 5.59. The Morgan fingerprint density at radius 1 is 1.53 bits per heavy atom. The van der Waals surface area contributed by atoms with Crippen molar-refractivity contribution >= 4 is 28.7 Å². The molecule has 19 heavy (non-hydrogen) atoms. The number of anilines is 1. The minimum Gasteiger partial charge on any atom is -0.423 e. The molecule has 2 rings (SSSR count). The Labute approximate surface area is 108 Å². The molecule has 8 nitrogen and oxygen atoms in total. The molecule has 0 radical (unpaired) electrons. The number of rotatable bonds is 5. The Balaban J connectivity index is 2.09. The molecule has 0 aliphatic carbocycles. The monoisotopic (exact) mass is 264 g/mol. The highest BCUT2D eigenvalue weighted by atomic mass is 16.6. The number of amides is 1. The number of aromatic nitrogens is 1. The van der Waals surface area contributed by atoms with Gasteiger partial charge in [-0.15, -0.1) is 0 Å². The summed E-state index contributed by atoms with van der Waals surface area (Å²) in [6.07, 6.45) is 0.287. The first-order chi connectivity index (χ1) is 9.10. The summed E-state index contributed by atoms with van der Waals surface area (Å²) in [5.74, 6) is -0.0979. The number of hydrogen-bond acceptors (Lipinski definition) is 6. The first-order valence-electron chi connectivity index (χ1n) is 5.59. The molecule has 2 N–H and O–H groups in total. The van der Waals surface area contributed by atoms with Crippen LogP contribution in [0.1, 0.15) is 6.42 Å². The second-order valence-electron chi connectivity index (χ2n) is 3.78. The van der Waals surface area contributed by atoms with E-state index in [0.29, 0.717) is 17.6 Å². The molecular weight excluding hydrogens is 252 g/mol. The summed E-state index contributed by atoms with van der Waals surface area (Å²) in [5, 5.41) is 15.9. The van der Waals surface area contributed by atoms with E-state index in [9.17, 15) is 14.9 Å². The molecule has 1 aromatic carbocycles. The molecule has 0 aliphatic rings. The van der Waals surface area contributed by atoms with Crippen molar-refractivity contribution in [2.45, 2.75) is 6.42 Å². The van der Waals surface area contributed by atoms with Gasteiger partial charge in [0.1, 0.15) is 5.52 Å². The minimum atomic E-state index is -0.499. The molecular formula is C11H12N4O4. The van der Waals surface area contributed by atoms with E-state index in [0.717, 1.165) is 0 Å². The molecule has 0 saturated heterocycles. The van der Waals surface area contributed by atoms with E-state index in [-0.39, 0.29) is 24.0 Å². The van der Waals surface area contributed by atoms with Crippen molar-refractivity contribution < 1.29 is 14.1 Å². The minimum absolute atomic E-state index is 0.0550. The number of nitro benzene ring substituents is 1. The molecule has 1 amide bonds. The van der Waals surface area contributed by atoms with Crippen LogP contribution in [0, 0.1) is 10.1 Å². The Kier molecular flexibility index (Phi) is 3.60. The lowest BCUT2D eigenvalue weighted by Crippen LogP contribution is -2.20. The van der Waals surface area contributed by atoms with Crippen LogP contribution in [0.5, 0.6) is 0 Å². The van der Waals surface area contributed by atoms with Gasteiger partial charge >= 0.3 is 0 Å². The number of nitrogens with zero attached hydrogens (tertiary/aromatic N) is 2. The summed E-state index contributed by atoms with van der Waals surface area (Å²) >= 11 is 0. The fourth-order valence-corrected chi connectivity index (χ4v) is 1.51. The lowest BCUT2D eigenvalue weighted by atomic mass is 10.3. The molecule has 0 bridgehead atoms. The second kappa shape index (κ2) is 5.34. The van der Waals surface area contributed by atoms with Crippen molar-refractivity contribution in [1.29, 1.82) is 0 Å². The van der Waals surface area contributed by atoms with Gasteiger partial charge in [0.25, 0.3) is 11.7 Å². The van der Waals surface area contributed by atoms with Crippen LogP contribution in [0.4, 0.5) is 11.7 Å². The molecule has 1 heterocycles. The van der Waals surface area contributed by atoms with Gasteiger partial charge in [0, 0.05) is 26.1 Å². The van der Waals surface area contributed by atoms with E-state index in [2.05, 4.69) is 15.6 Å². The number of non-ortho nitro benzene ring substituents is 1. The highest BCUT2D eigenvalue weighted by Gasteiger charge is 2.11. The third kappa shape index (κ3) is 2.97. The fraction of sp³-hybridized carbons (Fsp3) is 0.273. The topological polar surface area (TPSA) is 110 Å². The van der Waals surface area contributed by atoms with Gasteiger partial charge in [0.05, 0.1) is 11.0 Å². The van der Waals surface area contributed by atoms with Gasteiger partial charge in [-0.3, -0.25) is 14.9 Å². The molecule has 2 aromatic rings. The molecule has 1 aromatic heterocycles. The number of fused-ring (bicyclic) bond motifs is 1. The van der Waals surface area contributed by atoms with Crippen LogP contribution in [-0.4, -0.2) is 29.4 Å². The van der Waals surface area contributed by atoms with Gasteiger partial charge in [-0.1, -0.05) is 0 Å². The molecule has 100 valence electrons. The number of nitro groups is 1. The van der Waals surface area contributed by atoms with Gasteiger partial charge < -0.3 is 15.1 Å². The third-order valence-electron chi connectivity index (χ3n) is 2.49. The maximum atomic E-state index is 11.0. The normalized spacial score (nSPS) is 10.4. The van der Waals surface area contributed by atoms with Crippen molar-refractivity contribution in [3.05, 3.63) is 28.3 Å². The van der Waals surface area contributed by atoms with Crippen LogP contribution >= 0.6 is 0 Å². The number of benzene rings is 1. The highest BCUT2D eigenvalue weighted by molar-refractivity contribution is 5.77. The van der Waals surface area contributed by atoms with Crippen molar-refractivity contribution in [2.24, 2.45) is 0 Å². The predicted octanol–water partition coefficient (Wildman–Crippen LogP) is 1.28. The average Bonchev–Trinajstić information content (AvgIpc) is 2.79. The summed E-state index contributed by atoms with van der Waals surface area (Å²) in [6.45, 7) is 0.370. The largest absolute Gasteiger partial charge is 0.423 e. The molecule has 0 atom stereocenters. The van der Waals surface area contributed by atoms with Crippen LogP contribution in [0.15, 0.2) is 22.6 Å². The zero-order chi connectivity index (χ0) is 13.8. The van der Waals surface area contributed by atoms with E-state index in [1.54, 1.807) is 7.05 Å². The van der Waals surface area contributed by atoms with Crippen LogP contribution in [-0.2, 0) is 4.79 Å². The molecule has 0 fully saturated rings. The third-order valence-corrected chi connectivity index (χ3v) is 2.49. The molecule has 0 unspecified atom stereocenters. The van der Waals surface area contributed by atoms with Gasteiger partial charge in [-0.25, -0.2) is 0 Å². The maximum absolute atomic E-state index is 11.0. The summed E-state index contributed by atoms with van der Waals surface area (Å²) in [7, 11) is 1.56. The van der Waals surface area contributed by atoms with Crippen molar-refractivity contribution in [3.8, 4) is 0 Å². The van der Waals surface area contributed by atoms with Crippen LogP contribution < -0.4 is 10.6 Å². The zero-order valence-electron chi connectivity index (χ0n) is 10.2. The lowest BCUT2D eigenvalue weighted by molar-refractivity contribution is -0.384. The first kappa shape index (κ1) is 12.8. The summed E-state index contributed by atoms with van der Waals surface area (Å²) in [4.78, 5) is 25.2. The number of carbonyl (C=O) groups is 1. The van der Waals surface area contributed by atoms with E-state index in [4.69, 9.17) is 4.42 Å². The van der Waals surface area contributed by atoms with Gasteiger partial charge in [-0.2, -0.15) is 4.98 Å². The summed E-state index contributed by atoms with van der Waals surface area (Å²) in [6, 6.07) is 4.42. The number of nitrogens with one attached hydrogen (secondary N) is 2. The lowest BCUT2D eigenvalue weighted by Gasteiger charge is -1.99. The molecule has 0 spiro atoms. The predicted molar refractivity (Wildman–Crippen MR) is 67.8 cm³/mol. The Hall–Kier alpha value is -2.64. The van der Waals surface area contributed by atoms with Gasteiger partial charge in [0.2, 0.25) is 5.91 Å². The summed E-state index contributed by atoms with van der Waals surface area (Å²) < 4.78 is 5.32. The van der Waals surface area contributed by atoms with E-state index >= 15 is 0 Å². The van der Waals surface area contributed by atoms with Crippen LogP contribution in [0.2, 0.25) is 0 Å². The van der Waals surface area contributed by atoms with E-state index < -0.39 is 4.92 Å². The zero-order valence-corrected chi connectivity index (χ0v) is 10.2. The van der Waals surface area contributed by atoms with E-state index in [1.165, 1.54) is 18.2 Å². The Morgan fingerprint density at radius 2 is 2.32 bits per heavy atom. The average molecular weight is 264 g/mol. The number of oxazole rings is 1. The SMILES string of the molecule is CNC(=O)CCNc1nc2ccc([N+](=O)[O-])cc2o1. The Morgan fingerprint density at radius 3 is 3.00 bits per heavy atom. The van der Waals surface area contributed by atoms with E-state index in [1.807, 2.05) is 0 Å². The Bertz CT molecular complexity index is 622.